The van der Waals surface area contributed by atoms with Crippen molar-refractivity contribution in [2.75, 3.05) is 19.0 Å². The number of methoxy groups -OCH3 is 1. The molecule has 0 aliphatic rings. The maximum absolute atomic E-state index is 13.8. The Morgan fingerprint density at radius 1 is 1.26 bits per heavy atom. The fourth-order valence-corrected chi connectivity index (χ4v) is 1.74. The number of aromatic nitrogens is 2. The van der Waals surface area contributed by atoms with E-state index in [2.05, 4.69) is 15.3 Å². The van der Waals surface area contributed by atoms with Gasteiger partial charge in [0.05, 0.1) is 7.11 Å². The van der Waals surface area contributed by atoms with Crippen LogP contribution in [0.1, 0.15) is 6.92 Å². The number of anilines is 1. The fraction of sp³-hybridized carbons (Fsp3) is 0.231. The normalized spacial score (nSPS) is 10.3. The second-order valence-electron chi connectivity index (χ2n) is 3.74. The highest BCUT2D eigenvalue weighted by Crippen LogP contribution is 2.34. The number of nitrogens with zero attached hydrogens (tertiary/aromatic N) is 2. The largest absolute Gasteiger partial charge is 0.491 e. The number of halogens is 2. The van der Waals surface area contributed by atoms with Gasteiger partial charge in [0, 0.05) is 12.1 Å². The molecule has 0 unspecified atom stereocenters. The van der Waals surface area contributed by atoms with Crippen LogP contribution in [0, 0.1) is 11.6 Å². The number of hydrogen-bond donors (Lipinski definition) is 1. The summed E-state index contributed by atoms with van der Waals surface area (Å²) in [7, 11) is 1.43. The van der Waals surface area contributed by atoms with Crippen LogP contribution in [0.3, 0.4) is 0 Å². The average molecular weight is 265 g/mol. The predicted octanol–water partition coefficient (Wildman–Crippen LogP) is 2.86. The van der Waals surface area contributed by atoms with Gasteiger partial charge in [-0.25, -0.2) is 18.7 Å². The van der Waals surface area contributed by atoms with Crippen LogP contribution in [0.15, 0.2) is 24.5 Å². The van der Waals surface area contributed by atoms with Crippen molar-refractivity contribution in [2.24, 2.45) is 0 Å². The molecule has 6 heteroatoms. The van der Waals surface area contributed by atoms with Gasteiger partial charge in [0.1, 0.15) is 12.0 Å². The average Bonchev–Trinajstić information content (AvgIpc) is 2.42. The van der Waals surface area contributed by atoms with E-state index in [4.69, 9.17) is 4.74 Å². The molecule has 0 bridgehead atoms. The fourth-order valence-electron chi connectivity index (χ4n) is 1.74. The Labute approximate surface area is 109 Å². The molecule has 0 aliphatic heterocycles. The van der Waals surface area contributed by atoms with Crippen LogP contribution in [0.25, 0.3) is 11.3 Å². The minimum Gasteiger partial charge on any atom is -0.491 e. The summed E-state index contributed by atoms with van der Waals surface area (Å²) in [6.45, 7) is 2.52. The Balaban J connectivity index is 2.61. The highest BCUT2D eigenvalue weighted by atomic mass is 19.2. The lowest BCUT2D eigenvalue weighted by molar-refractivity contribution is 0.414. The predicted molar refractivity (Wildman–Crippen MR) is 68.1 cm³/mol. The van der Waals surface area contributed by atoms with Crippen molar-refractivity contribution in [3.63, 3.8) is 0 Å². The van der Waals surface area contributed by atoms with Gasteiger partial charge in [-0.3, -0.25) is 0 Å². The molecule has 0 fully saturated rings. The highest BCUT2D eigenvalue weighted by Gasteiger charge is 2.18. The third-order valence-corrected chi connectivity index (χ3v) is 2.56. The molecule has 2 aromatic rings. The van der Waals surface area contributed by atoms with Crippen LogP contribution in [-0.2, 0) is 0 Å². The van der Waals surface area contributed by atoms with Gasteiger partial charge in [0.25, 0.3) is 0 Å². The summed E-state index contributed by atoms with van der Waals surface area (Å²) in [6, 6.07) is 3.92. The first-order valence-corrected chi connectivity index (χ1v) is 5.76. The van der Waals surface area contributed by atoms with Crippen LogP contribution in [0.4, 0.5) is 14.6 Å². The minimum atomic E-state index is -0.957. The van der Waals surface area contributed by atoms with Crippen molar-refractivity contribution >= 4 is 5.82 Å². The number of hydrogen-bond acceptors (Lipinski definition) is 4. The third kappa shape index (κ3) is 2.47. The molecule has 100 valence electrons. The molecule has 1 heterocycles. The maximum atomic E-state index is 13.8. The first kappa shape index (κ1) is 13.2. The van der Waals surface area contributed by atoms with E-state index >= 15 is 0 Å². The Hall–Kier alpha value is -2.24. The smallest absolute Gasteiger partial charge is 0.187 e. The van der Waals surface area contributed by atoms with E-state index in [0.717, 1.165) is 6.07 Å². The van der Waals surface area contributed by atoms with Crippen LogP contribution in [0.2, 0.25) is 0 Å². The molecule has 2 rings (SSSR count). The Kier molecular flexibility index (Phi) is 3.89. The van der Waals surface area contributed by atoms with Gasteiger partial charge < -0.3 is 10.1 Å². The molecule has 19 heavy (non-hydrogen) atoms. The summed E-state index contributed by atoms with van der Waals surface area (Å²) >= 11 is 0. The van der Waals surface area contributed by atoms with Gasteiger partial charge >= 0.3 is 0 Å². The van der Waals surface area contributed by atoms with E-state index in [-0.39, 0.29) is 17.0 Å². The zero-order valence-electron chi connectivity index (χ0n) is 10.6. The molecular formula is C13H13F2N3O. The summed E-state index contributed by atoms with van der Waals surface area (Å²) in [6.07, 6.45) is 1.28. The van der Waals surface area contributed by atoms with Gasteiger partial charge in [-0.05, 0) is 19.1 Å². The first-order valence-electron chi connectivity index (χ1n) is 5.76. The van der Waals surface area contributed by atoms with E-state index in [0.29, 0.717) is 12.4 Å². The summed E-state index contributed by atoms with van der Waals surface area (Å²) in [5.41, 5.74) is 0.254. The Morgan fingerprint density at radius 2 is 2.05 bits per heavy atom. The molecule has 4 nitrogen and oxygen atoms in total. The van der Waals surface area contributed by atoms with Gasteiger partial charge in [0.15, 0.2) is 23.2 Å². The van der Waals surface area contributed by atoms with E-state index < -0.39 is 11.6 Å². The van der Waals surface area contributed by atoms with Crippen molar-refractivity contribution in [3.05, 3.63) is 36.2 Å². The molecule has 0 saturated heterocycles. The van der Waals surface area contributed by atoms with Gasteiger partial charge in [-0.1, -0.05) is 6.07 Å². The van der Waals surface area contributed by atoms with Crippen molar-refractivity contribution in [1.82, 2.24) is 9.97 Å². The third-order valence-electron chi connectivity index (χ3n) is 2.56. The molecule has 0 amide bonds. The summed E-state index contributed by atoms with van der Waals surface area (Å²) in [5, 5.41) is 2.98. The van der Waals surface area contributed by atoms with Crippen molar-refractivity contribution < 1.29 is 13.5 Å². The van der Waals surface area contributed by atoms with Crippen LogP contribution in [0.5, 0.6) is 5.75 Å². The van der Waals surface area contributed by atoms with Gasteiger partial charge in [0.2, 0.25) is 0 Å². The molecule has 0 saturated carbocycles. The zero-order valence-corrected chi connectivity index (χ0v) is 10.6. The maximum Gasteiger partial charge on any atom is 0.187 e. The molecule has 1 aromatic carbocycles. The van der Waals surface area contributed by atoms with E-state index in [9.17, 15) is 8.78 Å². The van der Waals surface area contributed by atoms with Crippen LogP contribution in [-0.4, -0.2) is 23.6 Å². The number of rotatable bonds is 4. The van der Waals surface area contributed by atoms with Gasteiger partial charge in [-0.2, -0.15) is 0 Å². The zero-order chi connectivity index (χ0) is 13.8. The van der Waals surface area contributed by atoms with Gasteiger partial charge in [-0.15, -0.1) is 0 Å². The number of nitrogens with one attached hydrogen (secondary N) is 1. The second-order valence-corrected chi connectivity index (χ2v) is 3.74. The molecular weight excluding hydrogens is 252 g/mol. The number of ether oxygens (including phenoxy) is 1. The summed E-state index contributed by atoms with van der Waals surface area (Å²) in [5.74, 6) is -1.15. The molecule has 0 atom stereocenters. The second kappa shape index (κ2) is 5.60. The van der Waals surface area contributed by atoms with E-state index in [1.54, 1.807) is 0 Å². The lowest BCUT2D eigenvalue weighted by atomic mass is 10.1. The van der Waals surface area contributed by atoms with E-state index in [1.165, 1.54) is 25.6 Å². The lowest BCUT2D eigenvalue weighted by Crippen LogP contribution is -2.05. The van der Waals surface area contributed by atoms with Crippen molar-refractivity contribution in [3.8, 4) is 17.0 Å². The monoisotopic (exact) mass is 265 g/mol. The Morgan fingerprint density at radius 3 is 2.74 bits per heavy atom. The van der Waals surface area contributed by atoms with Crippen molar-refractivity contribution in [2.45, 2.75) is 6.92 Å². The van der Waals surface area contributed by atoms with E-state index in [1.807, 2.05) is 6.92 Å². The number of benzene rings is 1. The summed E-state index contributed by atoms with van der Waals surface area (Å²) < 4.78 is 32.3. The molecule has 1 N–H and O–H groups in total. The quantitative estimate of drug-likeness (QED) is 0.923. The minimum absolute atomic E-state index is 0.0402. The van der Waals surface area contributed by atoms with Crippen LogP contribution >= 0.6 is 0 Å². The summed E-state index contributed by atoms with van der Waals surface area (Å²) in [4.78, 5) is 8.00. The Bertz CT molecular complexity index is 590. The topological polar surface area (TPSA) is 47.0 Å². The molecule has 0 aliphatic carbocycles. The lowest BCUT2D eigenvalue weighted by Gasteiger charge is -2.12. The van der Waals surface area contributed by atoms with Crippen molar-refractivity contribution in [1.29, 1.82) is 0 Å². The molecule has 0 radical (unpaired) electrons. The first-order chi connectivity index (χ1) is 9.19. The highest BCUT2D eigenvalue weighted by molar-refractivity contribution is 5.72. The molecule has 0 spiro atoms. The van der Waals surface area contributed by atoms with Crippen LogP contribution < -0.4 is 10.1 Å². The SMILES string of the molecule is CCNc1ncnc(-c2cccc(F)c2F)c1OC. The molecule has 1 aromatic heterocycles. The standard InChI is InChI=1S/C13H13F2N3O/c1-3-16-13-12(19-2)11(17-7-18-13)8-5-4-6-9(14)10(8)15/h4-7H,3H2,1-2H3,(H,16,17,18).